The first kappa shape index (κ1) is 12.8. The molecular formula is C13H19N3O2. The largest absolute Gasteiger partial charge is 0.477 e. The van der Waals surface area contributed by atoms with Crippen LogP contribution in [0.15, 0.2) is 18.3 Å². The summed E-state index contributed by atoms with van der Waals surface area (Å²) in [7, 11) is 2.14. The second-order valence-corrected chi connectivity index (χ2v) is 4.98. The van der Waals surface area contributed by atoms with Crippen molar-refractivity contribution in [1.82, 2.24) is 9.88 Å². The molecule has 0 aliphatic carbocycles. The van der Waals surface area contributed by atoms with Crippen molar-refractivity contribution in [2.75, 3.05) is 25.0 Å². The predicted octanol–water partition coefficient (Wildman–Crippen LogP) is 1.31. The summed E-state index contributed by atoms with van der Waals surface area (Å²) in [6, 6.07) is 4.35. The summed E-state index contributed by atoms with van der Waals surface area (Å²) in [4.78, 5) is 19.3. The van der Waals surface area contributed by atoms with Crippen molar-refractivity contribution in [2.24, 2.45) is 0 Å². The highest BCUT2D eigenvalue weighted by Gasteiger charge is 2.26. The number of anilines is 1. The zero-order valence-electron chi connectivity index (χ0n) is 11.0. The minimum Gasteiger partial charge on any atom is -0.477 e. The SMILES string of the molecule is CC1CN(c2ccc(C(=O)O)nc2)CC(C)N1C. The lowest BCUT2D eigenvalue weighted by molar-refractivity contribution is 0.0690. The molecule has 5 heteroatoms. The highest BCUT2D eigenvalue weighted by molar-refractivity contribution is 5.85. The van der Waals surface area contributed by atoms with E-state index in [1.54, 1.807) is 12.3 Å². The van der Waals surface area contributed by atoms with Gasteiger partial charge in [0.1, 0.15) is 5.69 Å². The number of carboxylic acid groups (broad SMARTS) is 1. The van der Waals surface area contributed by atoms with Gasteiger partial charge in [-0.3, -0.25) is 4.90 Å². The van der Waals surface area contributed by atoms with Gasteiger partial charge >= 0.3 is 5.97 Å². The van der Waals surface area contributed by atoms with Crippen LogP contribution in [-0.2, 0) is 0 Å². The highest BCUT2D eigenvalue weighted by atomic mass is 16.4. The summed E-state index contributed by atoms with van der Waals surface area (Å²) < 4.78 is 0. The summed E-state index contributed by atoms with van der Waals surface area (Å²) in [6.45, 7) is 6.27. The summed E-state index contributed by atoms with van der Waals surface area (Å²) in [6.07, 6.45) is 1.65. The molecule has 0 saturated carbocycles. The quantitative estimate of drug-likeness (QED) is 0.856. The maximum atomic E-state index is 10.8. The molecular weight excluding hydrogens is 230 g/mol. The fourth-order valence-corrected chi connectivity index (χ4v) is 2.31. The van der Waals surface area contributed by atoms with Crippen molar-refractivity contribution in [2.45, 2.75) is 25.9 Å². The van der Waals surface area contributed by atoms with Crippen LogP contribution in [-0.4, -0.2) is 53.2 Å². The van der Waals surface area contributed by atoms with Gasteiger partial charge in [0.2, 0.25) is 0 Å². The van der Waals surface area contributed by atoms with Gasteiger partial charge in [-0.15, -0.1) is 0 Å². The van der Waals surface area contributed by atoms with E-state index in [1.807, 2.05) is 6.07 Å². The maximum absolute atomic E-state index is 10.8. The Bertz CT molecular complexity index is 420. The topological polar surface area (TPSA) is 56.7 Å². The summed E-state index contributed by atoms with van der Waals surface area (Å²) in [5.41, 5.74) is 1.08. The molecule has 18 heavy (non-hydrogen) atoms. The Hall–Kier alpha value is -1.62. The number of hydrogen-bond donors (Lipinski definition) is 1. The smallest absolute Gasteiger partial charge is 0.354 e. The first-order chi connectivity index (χ1) is 8.49. The average molecular weight is 249 g/mol. The average Bonchev–Trinajstić information content (AvgIpc) is 2.35. The number of nitrogens with zero attached hydrogens (tertiary/aromatic N) is 3. The summed E-state index contributed by atoms with van der Waals surface area (Å²) >= 11 is 0. The number of carboxylic acids is 1. The third-order valence-electron chi connectivity index (χ3n) is 3.69. The first-order valence-electron chi connectivity index (χ1n) is 6.15. The fraction of sp³-hybridized carbons (Fsp3) is 0.538. The van der Waals surface area contributed by atoms with E-state index in [1.165, 1.54) is 0 Å². The van der Waals surface area contributed by atoms with Gasteiger partial charge in [0.15, 0.2) is 0 Å². The molecule has 0 amide bonds. The van der Waals surface area contributed by atoms with Gasteiger partial charge in [0.25, 0.3) is 0 Å². The molecule has 2 heterocycles. The molecule has 1 aliphatic heterocycles. The lowest BCUT2D eigenvalue weighted by Crippen LogP contribution is -2.55. The second-order valence-electron chi connectivity index (χ2n) is 4.98. The van der Waals surface area contributed by atoms with E-state index in [2.05, 4.69) is 35.7 Å². The molecule has 0 bridgehead atoms. The molecule has 0 spiro atoms. The van der Waals surface area contributed by atoms with E-state index in [4.69, 9.17) is 5.11 Å². The Morgan fingerprint density at radius 1 is 1.33 bits per heavy atom. The van der Waals surface area contributed by atoms with Gasteiger partial charge in [-0.05, 0) is 33.0 Å². The molecule has 2 unspecified atom stereocenters. The van der Waals surface area contributed by atoms with Crippen LogP contribution in [0.4, 0.5) is 5.69 Å². The lowest BCUT2D eigenvalue weighted by Gasteiger charge is -2.43. The standard InChI is InChI=1S/C13H19N3O2/c1-9-7-16(8-10(2)15(9)3)11-4-5-12(13(17)18)14-6-11/h4-6,9-10H,7-8H2,1-3H3,(H,17,18). The van der Waals surface area contributed by atoms with Crippen molar-refractivity contribution < 1.29 is 9.90 Å². The van der Waals surface area contributed by atoms with Crippen molar-refractivity contribution in [3.8, 4) is 0 Å². The molecule has 1 fully saturated rings. The molecule has 1 aromatic rings. The van der Waals surface area contributed by atoms with E-state index in [9.17, 15) is 4.79 Å². The number of piperazine rings is 1. The number of pyridine rings is 1. The lowest BCUT2D eigenvalue weighted by atomic mass is 10.1. The molecule has 5 nitrogen and oxygen atoms in total. The zero-order chi connectivity index (χ0) is 13.3. The zero-order valence-corrected chi connectivity index (χ0v) is 11.0. The molecule has 2 rings (SSSR count). The van der Waals surface area contributed by atoms with Gasteiger partial charge in [0, 0.05) is 25.2 Å². The molecule has 0 radical (unpaired) electrons. The third-order valence-corrected chi connectivity index (χ3v) is 3.69. The molecule has 1 aromatic heterocycles. The van der Waals surface area contributed by atoms with E-state index in [0.29, 0.717) is 12.1 Å². The molecule has 0 aromatic carbocycles. The number of rotatable bonds is 2. The number of aromatic nitrogens is 1. The highest BCUT2D eigenvalue weighted by Crippen LogP contribution is 2.20. The van der Waals surface area contributed by atoms with Gasteiger partial charge in [-0.25, -0.2) is 9.78 Å². The predicted molar refractivity (Wildman–Crippen MR) is 70.1 cm³/mol. The van der Waals surface area contributed by atoms with Crippen molar-refractivity contribution >= 4 is 11.7 Å². The van der Waals surface area contributed by atoms with Gasteiger partial charge in [0.05, 0.1) is 11.9 Å². The van der Waals surface area contributed by atoms with Crippen molar-refractivity contribution in [3.63, 3.8) is 0 Å². The number of likely N-dealkylation sites (N-methyl/N-ethyl adjacent to an activating group) is 1. The fourth-order valence-electron chi connectivity index (χ4n) is 2.31. The van der Waals surface area contributed by atoms with Crippen LogP contribution in [0, 0.1) is 0 Å². The van der Waals surface area contributed by atoms with E-state index >= 15 is 0 Å². The van der Waals surface area contributed by atoms with E-state index in [-0.39, 0.29) is 5.69 Å². The normalized spacial score (nSPS) is 25.2. The Morgan fingerprint density at radius 3 is 2.39 bits per heavy atom. The molecule has 1 N–H and O–H groups in total. The van der Waals surface area contributed by atoms with Gasteiger partial charge in [-0.2, -0.15) is 0 Å². The minimum atomic E-state index is -0.985. The number of carbonyl (C=O) groups is 1. The van der Waals surface area contributed by atoms with Crippen LogP contribution in [0.3, 0.4) is 0 Å². The monoisotopic (exact) mass is 249 g/mol. The van der Waals surface area contributed by atoms with Crippen LogP contribution in [0.1, 0.15) is 24.3 Å². The Labute approximate surface area is 107 Å². The van der Waals surface area contributed by atoms with Gasteiger partial charge in [-0.1, -0.05) is 0 Å². The first-order valence-corrected chi connectivity index (χ1v) is 6.15. The van der Waals surface area contributed by atoms with Crippen LogP contribution < -0.4 is 4.90 Å². The van der Waals surface area contributed by atoms with Crippen molar-refractivity contribution in [1.29, 1.82) is 0 Å². The molecule has 98 valence electrons. The van der Waals surface area contributed by atoms with E-state index in [0.717, 1.165) is 18.8 Å². The van der Waals surface area contributed by atoms with Crippen LogP contribution >= 0.6 is 0 Å². The Kier molecular flexibility index (Phi) is 3.52. The maximum Gasteiger partial charge on any atom is 0.354 e. The van der Waals surface area contributed by atoms with Crippen LogP contribution in [0.25, 0.3) is 0 Å². The second kappa shape index (κ2) is 4.94. The molecule has 1 saturated heterocycles. The molecule has 1 aliphatic rings. The Balaban J connectivity index is 2.14. The molecule has 2 atom stereocenters. The number of aromatic carboxylic acids is 1. The summed E-state index contributed by atoms with van der Waals surface area (Å²) in [5.74, 6) is -0.985. The Morgan fingerprint density at radius 2 is 1.94 bits per heavy atom. The van der Waals surface area contributed by atoms with Crippen LogP contribution in [0.2, 0.25) is 0 Å². The summed E-state index contributed by atoms with van der Waals surface area (Å²) in [5, 5.41) is 8.82. The van der Waals surface area contributed by atoms with Crippen LogP contribution in [0.5, 0.6) is 0 Å². The van der Waals surface area contributed by atoms with Gasteiger partial charge < -0.3 is 10.0 Å². The van der Waals surface area contributed by atoms with Crippen molar-refractivity contribution in [3.05, 3.63) is 24.0 Å². The number of hydrogen-bond acceptors (Lipinski definition) is 4. The third kappa shape index (κ3) is 2.46. The minimum absolute atomic E-state index is 0.0916. The van der Waals surface area contributed by atoms with E-state index < -0.39 is 5.97 Å².